The van der Waals surface area contributed by atoms with E-state index in [1.54, 1.807) is 7.11 Å². The molecule has 1 nitrogen and oxygen atoms in total. The van der Waals surface area contributed by atoms with Gasteiger partial charge in [0.2, 0.25) is 0 Å². The molecular formula is C10H20O. The summed E-state index contributed by atoms with van der Waals surface area (Å²) in [7, 11) is 1.78. The van der Waals surface area contributed by atoms with Gasteiger partial charge in [-0.05, 0) is 25.7 Å². The number of allylic oxidation sites excluding steroid dienone is 1. The molecule has 0 heterocycles. The van der Waals surface area contributed by atoms with Crippen LogP contribution in [0.25, 0.3) is 0 Å². The molecule has 0 aromatic rings. The van der Waals surface area contributed by atoms with Crippen LogP contribution in [0.3, 0.4) is 0 Å². The first kappa shape index (κ1) is 10.7. The van der Waals surface area contributed by atoms with E-state index in [0.717, 1.165) is 12.8 Å². The van der Waals surface area contributed by atoms with Gasteiger partial charge in [0.15, 0.2) is 0 Å². The van der Waals surface area contributed by atoms with Gasteiger partial charge in [-0.15, -0.1) is 0 Å². The third-order valence-corrected chi connectivity index (χ3v) is 2.25. The van der Waals surface area contributed by atoms with Crippen LogP contribution in [0, 0.1) is 5.92 Å². The van der Waals surface area contributed by atoms with E-state index in [0.29, 0.717) is 12.0 Å². The van der Waals surface area contributed by atoms with Gasteiger partial charge in [-0.25, -0.2) is 0 Å². The van der Waals surface area contributed by atoms with Crippen LogP contribution in [-0.4, -0.2) is 13.2 Å². The summed E-state index contributed by atoms with van der Waals surface area (Å²) in [4.78, 5) is 0. The fraction of sp³-hybridized carbons (Fsp3) is 0.800. The topological polar surface area (TPSA) is 9.23 Å². The summed E-state index contributed by atoms with van der Waals surface area (Å²) in [5.74, 6) is 0.583. The van der Waals surface area contributed by atoms with Crippen LogP contribution in [0.2, 0.25) is 0 Å². The zero-order chi connectivity index (χ0) is 8.85. The lowest BCUT2D eigenvalue weighted by Crippen LogP contribution is -2.13. The van der Waals surface area contributed by atoms with Gasteiger partial charge in [0.25, 0.3) is 0 Å². The van der Waals surface area contributed by atoms with Crippen LogP contribution in [0.5, 0.6) is 0 Å². The molecule has 0 saturated heterocycles. The molecule has 11 heavy (non-hydrogen) atoms. The summed E-state index contributed by atoms with van der Waals surface area (Å²) in [6.45, 7) is 10.3. The zero-order valence-electron chi connectivity index (χ0n) is 8.18. The average molecular weight is 156 g/mol. The maximum absolute atomic E-state index is 5.28. The SMILES string of the molecule is C=C(C)C(C)CC(CC)OC. The van der Waals surface area contributed by atoms with Crippen LogP contribution < -0.4 is 0 Å². The molecule has 0 amide bonds. The van der Waals surface area contributed by atoms with Crippen molar-refractivity contribution in [1.82, 2.24) is 0 Å². The van der Waals surface area contributed by atoms with Crippen molar-refractivity contribution < 1.29 is 4.74 Å². The normalized spacial score (nSPS) is 16.0. The second-order valence-electron chi connectivity index (χ2n) is 3.25. The summed E-state index contributed by atoms with van der Waals surface area (Å²) in [6, 6.07) is 0. The maximum Gasteiger partial charge on any atom is 0.0574 e. The molecule has 0 aromatic heterocycles. The quantitative estimate of drug-likeness (QED) is 0.556. The van der Waals surface area contributed by atoms with Gasteiger partial charge in [-0.1, -0.05) is 26.0 Å². The number of methoxy groups -OCH3 is 1. The standard InChI is InChI=1S/C10H20O/c1-6-10(11-5)7-9(4)8(2)3/h9-10H,2,6-7H2,1,3-5H3. The molecule has 0 rings (SSSR count). The lowest BCUT2D eigenvalue weighted by molar-refractivity contribution is 0.0833. The molecule has 0 saturated carbocycles. The van der Waals surface area contributed by atoms with Crippen molar-refractivity contribution in [2.24, 2.45) is 5.92 Å². The van der Waals surface area contributed by atoms with Gasteiger partial charge in [-0.2, -0.15) is 0 Å². The molecule has 2 unspecified atom stereocenters. The van der Waals surface area contributed by atoms with Crippen molar-refractivity contribution in [2.45, 2.75) is 39.7 Å². The van der Waals surface area contributed by atoms with Gasteiger partial charge < -0.3 is 4.74 Å². The highest BCUT2D eigenvalue weighted by atomic mass is 16.5. The van der Waals surface area contributed by atoms with Crippen LogP contribution >= 0.6 is 0 Å². The van der Waals surface area contributed by atoms with Gasteiger partial charge in [0.1, 0.15) is 0 Å². The minimum atomic E-state index is 0.404. The van der Waals surface area contributed by atoms with Crippen molar-refractivity contribution >= 4 is 0 Å². The molecule has 0 spiro atoms. The van der Waals surface area contributed by atoms with Gasteiger partial charge >= 0.3 is 0 Å². The summed E-state index contributed by atoms with van der Waals surface area (Å²) < 4.78 is 5.28. The lowest BCUT2D eigenvalue weighted by Gasteiger charge is -2.18. The number of hydrogen-bond acceptors (Lipinski definition) is 1. The van der Waals surface area contributed by atoms with Crippen LogP contribution in [0.4, 0.5) is 0 Å². The molecule has 2 atom stereocenters. The van der Waals surface area contributed by atoms with E-state index in [-0.39, 0.29) is 0 Å². The van der Waals surface area contributed by atoms with E-state index in [1.807, 2.05) is 0 Å². The first-order valence-corrected chi connectivity index (χ1v) is 4.30. The highest BCUT2D eigenvalue weighted by Crippen LogP contribution is 2.17. The molecule has 0 aromatic carbocycles. The van der Waals surface area contributed by atoms with Crippen molar-refractivity contribution in [3.63, 3.8) is 0 Å². The Balaban J connectivity index is 3.71. The van der Waals surface area contributed by atoms with Crippen LogP contribution in [-0.2, 0) is 4.74 Å². The third-order valence-electron chi connectivity index (χ3n) is 2.25. The molecule has 0 aliphatic carbocycles. The maximum atomic E-state index is 5.28. The van der Waals surface area contributed by atoms with E-state index in [2.05, 4.69) is 27.4 Å². The average Bonchev–Trinajstić information content (AvgIpc) is 1.99. The van der Waals surface area contributed by atoms with Gasteiger partial charge in [-0.3, -0.25) is 0 Å². The number of ether oxygens (including phenoxy) is 1. The van der Waals surface area contributed by atoms with E-state index in [4.69, 9.17) is 4.74 Å². The van der Waals surface area contributed by atoms with Crippen molar-refractivity contribution in [2.75, 3.05) is 7.11 Å². The van der Waals surface area contributed by atoms with Crippen LogP contribution in [0.15, 0.2) is 12.2 Å². The second kappa shape index (κ2) is 5.36. The highest BCUT2D eigenvalue weighted by Gasteiger charge is 2.10. The molecule has 0 aliphatic rings. The Morgan fingerprint density at radius 1 is 1.55 bits per heavy atom. The predicted molar refractivity (Wildman–Crippen MR) is 49.7 cm³/mol. The monoisotopic (exact) mass is 156 g/mol. The molecule has 1 heteroatoms. The Kier molecular flexibility index (Phi) is 5.22. The Morgan fingerprint density at radius 3 is 2.36 bits per heavy atom. The number of rotatable bonds is 5. The number of hydrogen-bond donors (Lipinski definition) is 0. The minimum absolute atomic E-state index is 0.404. The molecule has 0 aliphatic heterocycles. The Morgan fingerprint density at radius 2 is 2.09 bits per heavy atom. The van der Waals surface area contributed by atoms with Crippen molar-refractivity contribution in [1.29, 1.82) is 0 Å². The first-order valence-electron chi connectivity index (χ1n) is 4.30. The summed E-state index contributed by atoms with van der Waals surface area (Å²) >= 11 is 0. The minimum Gasteiger partial charge on any atom is -0.381 e. The van der Waals surface area contributed by atoms with Gasteiger partial charge in [0.05, 0.1) is 6.10 Å². The molecule has 0 radical (unpaired) electrons. The fourth-order valence-electron chi connectivity index (χ4n) is 1.03. The molecule has 66 valence electrons. The second-order valence-corrected chi connectivity index (χ2v) is 3.25. The van der Waals surface area contributed by atoms with Gasteiger partial charge in [0, 0.05) is 7.11 Å². The van der Waals surface area contributed by atoms with Crippen molar-refractivity contribution in [3.05, 3.63) is 12.2 Å². The van der Waals surface area contributed by atoms with E-state index >= 15 is 0 Å². The zero-order valence-corrected chi connectivity index (χ0v) is 8.18. The molecular weight excluding hydrogens is 136 g/mol. The van der Waals surface area contributed by atoms with E-state index < -0.39 is 0 Å². The fourth-order valence-corrected chi connectivity index (χ4v) is 1.03. The third kappa shape index (κ3) is 4.20. The predicted octanol–water partition coefficient (Wildman–Crippen LogP) is 3.01. The Hall–Kier alpha value is -0.300. The molecule has 0 fully saturated rings. The summed E-state index contributed by atoms with van der Waals surface area (Å²) in [5, 5.41) is 0. The first-order chi connectivity index (χ1) is 5.11. The Bertz CT molecular complexity index is 114. The summed E-state index contributed by atoms with van der Waals surface area (Å²) in [5.41, 5.74) is 1.25. The largest absolute Gasteiger partial charge is 0.381 e. The highest BCUT2D eigenvalue weighted by molar-refractivity contribution is 4.94. The smallest absolute Gasteiger partial charge is 0.0574 e. The lowest BCUT2D eigenvalue weighted by atomic mass is 9.96. The molecule has 0 bridgehead atoms. The molecule has 0 N–H and O–H groups in total. The summed E-state index contributed by atoms with van der Waals surface area (Å²) in [6.07, 6.45) is 2.60. The van der Waals surface area contributed by atoms with E-state index in [1.165, 1.54) is 5.57 Å². The van der Waals surface area contributed by atoms with Crippen LogP contribution in [0.1, 0.15) is 33.6 Å². The Labute approximate surface area is 70.4 Å². The van der Waals surface area contributed by atoms with E-state index in [9.17, 15) is 0 Å². The van der Waals surface area contributed by atoms with Crippen molar-refractivity contribution in [3.8, 4) is 0 Å².